The van der Waals surface area contributed by atoms with Crippen molar-refractivity contribution in [3.63, 3.8) is 0 Å². The molecule has 0 unspecified atom stereocenters. The largest absolute Gasteiger partial charge is 0.382 e. The predicted molar refractivity (Wildman–Crippen MR) is 73.9 cm³/mol. The van der Waals surface area contributed by atoms with E-state index in [1.165, 1.54) is 10.8 Å². The topological polar surface area (TPSA) is 89.2 Å². The molecule has 0 aliphatic carbocycles. The van der Waals surface area contributed by atoms with Crippen molar-refractivity contribution < 1.29 is 9.13 Å². The minimum atomic E-state index is -1.28. The molecule has 7 heteroatoms. The van der Waals surface area contributed by atoms with E-state index in [0.29, 0.717) is 23.4 Å². The van der Waals surface area contributed by atoms with Crippen molar-refractivity contribution in [2.45, 2.75) is 38.1 Å². The van der Waals surface area contributed by atoms with E-state index >= 15 is 0 Å². The van der Waals surface area contributed by atoms with Crippen LogP contribution in [-0.2, 0) is 4.74 Å². The van der Waals surface area contributed by atoms with Gasteiger partial charge in [-0.15, -0.1) is 0 Å². The van der Waals surface area contributed by atoms with Crippen molar-refractivity contribution in [3.8, 4) is 6.07 Å². The number of nitrogen functional groups attached to an aromatic ring is 1. The summed E-state index contributed by atoms with van der Waals surface area (Å²) >= 11 is 0. The number of nitrogens with zero attached hydrogens (tertiary/aromatic N) is 4. The van der Waals surface area contributed by atoms with Crippen molar-refractivity contribution >= 4 is 11.3 Å². The fraction of sp³-hybridized carbons (Fsp3) is 0.500. The third-order valence-corrected chi connectivity index (χ3v) is 4.36. The molecule has 0 radical (unpaired) electrons. The van der Waals surface area contributed by atoms with Gasteiger partial charge in [0.25, 0.3) is 0 Å². The van der Waals surface area contributed by atoms with Crippen LogP contribution in [-0.4, -0.2) is 26.4 Å². The molecule has 0 spiro atoms. The van der Waals surface area contributed by atoms with Gasteiger partial charge in [-0.25, -0.2) is 13.9 Å². The summed E-state index contributed by atoms with van der Waals surface area (Å²) in [5.41, 5.74) is 5.82. The summed E-state index contributed by atoms with van der Waals surface area (Å²) in [6.45, 7) is 3.53. The Morgan fingerprint density at radius 1 is 1.57 bits per heavy atom. The molecule has 110 valence electrons. The number of rotatable bonds is 2. The number of hydrogen-bond acceptors (Lipinski definition) is 5. The van der Waals surface area contributed by atoms with Crippen LogP contribution in [0.25, 0.3) is 5.52 Å². The molecule has 21 heavy (non-hydrogen) atoms. The van der Waals surface area contributed by atoms with Gasteiger partial charge in [0.2, 0.25) is 0 Å². The van der Waals surface area contributed by atoms with Gasteiger partial charge >= 0.3 is 0 Å². The number of nitrogens with two attached hydrogens (primary N) is 1. The fourth-order valence-corrected chi connectivity index (χ4v) is 2.94. The van der Waals surface area contributed by atoms with Crippen molar-refractivity contribution in [1.82, 2.24) is 14.6 Å². The Morgan fingerprint density at radius 3 is 2.95 bits per heavy atom. The van der Waals surface area contributed by atoms with E-state index in [0.717, 1.165) is 0 Å². The highest BCUT2D eigenvalue weighted by Gasteiger charge is 2.54. The Labute approximate surface area is 121 Å². The maximum atomic E-state index is 14.7. The molecule has 1 fully saturated rings. The second-order valence-corrected chi connectivity index (χ2v) is 5.33. The van der Waals surface area contributed by atoms with Crippen LogP contribution in [0.5, 0.6) is 0 Å². The van der Waals surface area contributed by atoms with E-state index in [2.05, 4.69) is 16.2 Å². The second kappa shape index (κ2) is 4.67. The summed E-state index contributed by atoms with van der Waals surface area (Å²) in [5, 5.41) is 13.5. The molecule has 1 aliphatic heterocycles. The molecule has 1 aliphatic rings. The highest BCUT2D eigenvalue weighted by atomic mass is 19.1. The highest BCUT2D eigenvalue weighted by molar-refractivity contribution is 5.65. The van der Waals surface area contributed by atoms with Gasteiger partial charge in [0.05, 0.1) is 11.8 Å². The molecule has 6 nitrogen and oxygen atoms in total. The lowest BCUT2D eigenvalue weighted by atomic mass is 9.86. The van der Waals surface area contributed by atoms with Crippen LogP contribution in [0.1, 0.15) is 32.1 Å². The second-order valence-electron chi connectivity index (χ2n) is 5.33. The number of fused-ring (bicyclic) bond motifs is 1. The van der Waals surface area contributed by atoms with Crippen LogP contribution in [0.3, 0.4) is 0 Å². The molecule has 0 aromatic carbocycles. The van der Waals surface area contributed by atoms with Crippen LogP contribution in [0.2, 0.25) is 0 Å². The quantitative estimate of drug-likeness (QED) is 0.913. The first-order valence-electron chi connectivity index (χ1n) is 6.85. The van der Waals surface area contributed by atoms with Crippen LogP contribution < -0.4 is 5.73 Å². The molecular weight excluding hydrogens is 273 g/mol. The smallest absolute Gasteiger partial charge is 0.160 e. The molecule has 0 amide bonds. The Hall–Kier alpha value is -2.20. The van der Waals surface area contributed by atoms with Crippen molar-refractivity contribution in [1.29, 1.82) is 5.26 Å². The first kappa shape index (κ1) is 13.8. The summed E-state index contributed by atoms with van der Waals surface area (Å²) in [5.74, 6) is -0.193. The highest BCUT2D eigenvalue weighted by Crippen LogP contribution is 2.47. The van der Waals surface area contributed by atoms with Gasteiger partial charge in [-0.1, -0.05) is 13.8 Å². The van der Waals surface area contributed by atoms with E-state index in [1.54, 1.807) is 19.1 Å². The van der Waals surface area contributed by atoms with Crippen molar-refractivity contribution in [2.75, 3.05) is 5.73 Å². The predicted octanol–water partition coefficient (Wildman–Crippen LogP) is 2.03. The van der Waals surface area contributed by atoms with Crippen LogP contribution in [0.4, 0.5) is 10.2 Å². The average Bonchev–Trinajstić information content (AvgIpc) is 3.02. The lowest BCUT2D eigenvalue weighted by Crippen LogP contribution is -2.33. The van der Waals surface area contributed by atoms with Crippen LogP contribution >= 0.6 is 0 Å². The Balaban J connectivity index is 2.08. The Morgan fingerprint density at radius 2 is 2.33 bits per heavy atom. The van der Waals surface area contributed by atoms with E-state index in [1.807, 2.05) is 6.92 Å². The molecule has 2 aromatic heterocycles. The molecule has 2 aromatic rings. The third-order valence-electron chi connectivity index (χ3n) is 4.36. The molecule has 1 saturated heterocycles. The molecule has 2 N–H and O–H groups in total. The fourth-order valence-electron chi connectivity index (χ4n) is 2.94. The number of nitriles is 1. The average molecular weight is 289 g/mol. The molecule has 3 heterocycles. The van der Waals surface area contributed by atoms with Gasteiger partial charge in [0.15, 0.2) is 11.4 Å². The summed E-state index contributed by atoms with van der Waals surface area (Å²) in [4.78, 5) is 3.90. The first-order chi connectivity index (χ1) is 10.0. The summed E-state index contributed by atoms with van der Waals surface area (Å²) < 4.78 is 22.0. The number of alkyl halides is 1. The number of aromatic nitrogens is 3. The number of anilines is 1. The van der Waals surface area contributed by atoms with Crippen molar-refractivity contribution in [3.05, 3.63) is 24.2 Å². The number of hydrogen-bond donors (Lipinski definition) is 1. The molecule has 0 bridgehead atoms. The van der Waals surface area contributed by atoms with Gasteiger partial charge in [-0.05, 0) is 18.6 Å². The Kier molecular flexibility index (Phi) is 3.06. The number of ether oxygens (including phenoxy) is 1. The van der Waals surface area contributed by atoms with Gasteiger partial charge in [0, 0.05) is 5.92 Å². The summed E-state index contributed by atoms with van der Waals surface area (Å²) in [6.07, 6.45) is -0.369. The van der Waals surface area contributed by atoms with Gasteiger partial charge < -0.3 is 10.5 Å². The zero-order valence-electron chi connectivity index (χ0n) is 11.8. The van der Waals surface area contributed by atoms with Crippen LogP contribution in [0, 0.1) is 17.2 Å². The SMILES string of the molecule is CC[C@@]1(C#N)O[C@@H](c2ccc3c(N)ncnn23)[C@H](F)[C@@H]1C. The zero-order valence-corrected chi connectivity index (χ0v) is 11.8. The Bertz CT molecular complexity index is 724. The summed E-state index contributed by atoms with van der Waals surface area (Å²) in [6, 6.07) is 5.57. The lowest BCUT2D eigenvalue weighted by molar-refractivity contribution is -0.0255. The van der Waals surface area contributed by atoms with Crippen molar-refractivity contribution in [2.24, 2.45) is 5.92 Å². The van der Waals surface area contributed by atoms with E-state index in [-0.39, 0.29) is 0 Å². The molecule has 3 rings (SSSR count). The third kappa shape index (κ3) is 1.79. The summed E-state index contributed by atoms with van der Waals surface area (Å²) in [7, 11) is 0. The van der Waals surface area contributed by atoms with E-state index < -0.39 is 23.8 Å². The molecule has 0 saturated carbocycles. The monoisotopic (exact) mass is 289 g/mol. The zero-order chi connectivity index (χ0) is 15.2. The standard InChI is InChI=1S/C14H16FN5O/c1-3-14(6-16)8(2)11(15)12(21-14)9-4-5-10-13(17)18-7-19-20(9)10/h4-5,7-8,11-12H,3H2,1-2H3,(H2,17,18,19)/t8-,11+,12-,14-/m0/s1. The maximum Gasteiger partial charge on any atom is 0.160 e. The maximum absolute atomic E-state index is 14.7. The van der Waals surface area contributed by atoms with Crippen LogP contribution in [0.15, 0.2) is 18.5 Å². The lowest BCUT2D eigenvalue weighted by Gasteiger charge is -2.23. The van der Waals surface area contributed by atoms with E-state index in [4.69, 9.17) is 10.5 Å². The van der Waals surface area contributed by atoms with E-state index in [9.17, 15) is 9.65 Å². The number of halogens is 1. The van der Waals surface area contributed by atoms with Gasteiger partial charge in [-0.2, -0.15) is 10.4 Å². The minimum Gasteiger partial charge on any atom is -0.382 e. The van der Waals surface area contributed by atoms with Gasteiger partial charge in [0.1, 0.15) is 24.1 Å². The first-order valence-corrected chi connectivity index (χ1v) is 6.85. The normalized spacial score (nSPS) is 32.4. The minimum absolute atomic E-state index is 0.319. The van der Waals surface area contributed by atoms with Gasteiger partial charge in [-0.3, -0.25) is 0 Å². The molecule has 4 atom stereocenters. The molecular formula is C14H16FN5O.